The highest BCUT2D eigenvalue weighted by atomic mass is 16.6. The Bertz CT molecular complexity index is 932. The van der Waals surface area contributed by atoms with Crippen molar-refractivity contribution in [1.29, 1.82) is 5.41 Å². The Labute approximate surface area is 130 Å². The number of nitrogens with one attached hydrogen (secondary N) is 2. The van der Waals surface area contributed by atoms with Gasteiger partial charge in [0.25, 0.3) is 0 Å². The molecule has 0 aliphatic carbocycles. The minimum Gasteiger partial charge on any atom is -0.423 e. The molecule has 0 saturated carbocycles. The predicted octanol–water partition coefficient (Wildman–Crippen LogP) is 2.91. The topological polar surface area (TPSA) is 92.4 Å². The SMILES string of the molecule is N=C(NC(=O)Oc1ccccc1)c1cc(=O)oc2ccccc12. The highest BCUT2D eigenvalue weighted by Gasteiger charge is 2.13. The van der Waals surface area contributed by atoms with E-state index in [1.807, 2.05) is 0 Å². The van der Waals surface area contributed by atoms with Crippen molar-refractivity contribution in [3.63, 3.8) is 0 Å². The lowest BCUT2D eigenvalue weighted by molar-refractivity contribution is 0.206. The van der Waals surface area contributed by atoms with Crippen molar-refractivity contribution in [3.05, 3.63) is 76.6 Å². The average molecular weight is 308 g/mol. The van der Waals surface area contributed by atoms with Crippen LogP contribution in [0.1, 0.15) is 5.56 Å². The van der Waals surface area contributed by atoms with Crippen LogP contribution in [0.25, 0.3) is 11.0 Å². The maximum atomic E-state index is 11.8. The number of carbonyl (C=O) groups is 1. The number of hydrogen-bond donors (Lipinski definition) is 2. The van der Waals surface area contributed by atoms with Gasteiger partial charge in [0.15, 0.2) is 0 Å². The third kappa shape index (κ3) is 3.26. The second-order valence-electron chi connectivity index (χ2n) is 4.68. The Balaban J connectivity index is 1.84. The van der Waals surface area contributed by atoms with Gasteiger partial charge in [-0.2, -0.15) is 0 Å². The molecule has 0 bridgehead atoms. The van der Waals surface area contributed by atoms with Crippen LogP contribution < -0.4 is 15.7 Å². The molecule has 1 aromatic heterocycles. The fourth-order valence-electron chi connectivity index (χ4n) is 2.11. The molecule has 0 aliphatic heterocycles. The summed E-state index contributed by atoms with van der Waals surface area (Å²) in [6.45, 7) is 0. The lowest BCUT2D eigenvalue weighted by atomic mass is 10.1. The summed E-state index contributed by atoms with van der Waals surface area (Å²) < 4.78 is 10.1. The van der Waals surface area contributed by atoms with Gasteiger partial charge in [0.05, 0.1) is 0 Å². The normalized spacial score (nSPS) is 10.3. The van der Waals surface area contributed by atoms with Gasteiger partial charge in [-0.3, -0.25) is 10.7 Å². The molecule has 114 valence electrons. The number of rotatable bonds is 2. The first-order chi connectivity index (χ1) is 11.1. The molecule has 2 aromatic carbocycles. The van der Waals surface area contributed by atoms with Crippen molar-refractivity contribution < 1.29 is 13.9 Å². The van der Waals surface area contributed by atoms with E-state index in [0.29, 0.717) is 16.7 Å². The second kappa shape index (κ2) is 6.15. The Morgan fingerprint density at radius 1 is 1.04 bits per heavy atom. The molecule has 3 rings (SSSR count). The molecule has 0 fully saturated rings. The van der Waals surface area contributed by atoms with E-state index in [2.05, 4.69) is 5.32 Å². The maximum absolute atomic E-state index is 11.8. The molecule has 3 aromatic rings. The molecular weight excluding hydrogens is 296 g/mol. The summed E-state index contributed by atoms with van der Waals surface area (Å²) in [5, 5.41) is 10.9. The van der Waals surface area contributed by atoms with Crippen molar-refractivity contribution in [3.8, 4) is 5.75 Å². The van der Waals surface area contributed by atoms with Crippen LogP contribution in [0.3, 0.4) is 0 Å². The zero-order valence-corrected chi connectivity index (χ0v) is 11.9. The highest BCUT2D eigenvalue weighted by Crippen LogP contribution is 2.16. The lowest BCUT2D eigenvalue weighted by Crippen LogP contribution is -2.33. The van der Waals surface area contributed by atoms with Gasteiger partial charge in [0.1, 0.15) is 17.2 Å². The van der Waals surface area contributed by atoms with Gasteiger partial charge in [-0.15, -0.1) is 0 Å². The van der Waals surface area contributed by atoms with E-state index < -0.39 is 11.7 Å². The van der Waals surface area contributed by atoms with E-state index in [1.54, 1.807) is 54.6 Å². The number of ether oxygens (including phenoxy) is 1. The van der Waals surface area contributed by atoms with Gasteiger partial charge in [-0.05, 0) is 18.2 Å². The molecule has 0 atom stereocenters. The summed E-state index contributed by atoms with van der Waals surface area (Å²) in [5.74, 6) is 0.116. The van der Waals surface area contributed by atoms with Crippen molar-refractivity contribution in [2.75, 3.05) is 0 Å². The van der Waals surface area contributed by atoms with Gasteiger partial charge in [-0.1, -0.05) is 36.4 Å². The zero-order chi connectivity index (χ0) is 16.2. The van der Waals surface area contributed by atoms with E-state index in [9.17, 15) is 9.59 Å². The first kappa shape index (κ1) is 14.5. The Morgan fingerprint density at radius 3 is 2.52 bits per heavy atom. The number of fused-ring (bicyclic) bond motifs is 1. The van der Waals surface area contributed by atoms with Gasteiger partial charge < -0.3 is 9.15 Å². The van der Waals surface area contributed by atoms with Gasteiger partial charge in [0, 0.05) is 17.0 Å². The summed E-state index contributed by atoms with van der Waals surface area (Å²) in [7, 11) is 0. The molecule has 0 radical (unpaired) electrons. The number of amides is 1. The first-order valence-corrected chi connectivity index (χ1v) is 6.79. The highest BCUT2D eigenvalue weighted by molar-refractivity contribution is 6.11. The first-order valence-electron chi connectivity index (χ1n) is 6.79. The molecule has 0 spiro atoms. The summed E-state index contributed by atoms with van der Waals surface area (Å²) in [5.41, 5.74) is 0.0153. The fourth-order valence-corrected chi connectivity index (χ4v) is 2.11. The van der Waals surface area contributed by atoms with E-state index in [0.717, 1.165) is 6.07 Å². The van der Waals surface area contributed by atoms with Gasteiger partial charge in [0.2, 0.25) is 0 Å². The molecule has 1 amide bonds. The third-order valence-electron chi connectivity index (χ3n) is 3.10. The van der Waals surface area contributed by atoms with Crippen LogP contribution in [0, 0.1) is 5.41 Å². The quantitative estimate of drug-likeness (QED) is 0.432. The molecular formula is C17H12N2O4. The van der Waals surface area contributed by atoms with Crippen LogP contribution in [0.4, 0.5) is 4.79 Å². The van der Waals surface area contributed by atoms with Crippen molar-refractivity contribution >= 4 is 22.9 Å². The standard InChI is InChI=1S/C17H12N2O4/c18-16(19-17(21)22-11-6-2-1-3-7-11)13-10-15(20)23-14-9-5-4-8-12(13)14/h1-10H,(H2,18,19,21). The number of para-hydroxylation sites is 2. The summed E-state index contributed by atoms with van der Waals surface area (Å²) in [6.07, 6.45) is -0.807. The van der Waals surface area contributed by atoms with Crippen molar-refractivity contribution in [1.82, 2.24) is 5.32 Å². The number of benzene rings is 2. The lowest BCUT2D eigenvalue weighted by Gasteiger charge is -2.09. The van der Waals surface area contributed by atoms with Crippen molar-refractivity contribution in [2.45, 2.75) is 0 Å². The summed E-state index contributed by atoms with van der Waals surface area (Å²) in [6, 6.07) is 16.4. The summed E-state index contributed by atoms with van der Waals surface area (Å²) >= 11 is 0. The van der Waals surface area contributed by atoms with Crippen LogP contribution in [0.5, 0.6) is 5.75 Å². The van der Waals surface area contributed by atoms with Crippen LogP contribution in [0.15, 0.2) is 69.9 Å². The van der Waals surface area contributed by atoms with Gasteiger partial charge >= 0.3 is 11.7 Å². The van der Waals surface area contributed by atoms with E-state index in [1.165, 1.54) is 0 Å². The largest absolute Gasteiger partial charge is 0.423 e. The molecule has 2 N–H and O–H groups in total. The molecule has 23 heavy (non-hydrogen) atoms. The Hall–Kier alpha value is -3.41. The second-order valence-corrected chi connectivity index (χ2v) is 4.68. The minimum absolute atomic E-state index is 0.241. The van der Waals surface area contributed by atoms with Crippen LogP contribution >= 0.6 is 0 Å². The maximum Gasteiger partial charge on any atom is 0.418 e. The van der Waals surface area contributed by atoms with Gasteiger partial charge in [-0.25, -0.2) is 9.59 Å². The molecule has 0 saturated heterocycles. The van der Waals surface area contributed by atoms with E-state index >= 15 is 0 Å². The van der Waals surface area contributed by atoms with Crippen molar-refractivity contribution in [2.24, 2.45) is 0 Å². The Morgan fingerprint density at radius 2 is 1.74 bits per heavy atom. The monoisotopic (exact) mass is 308 g/mol. The number of amidine groups is 1. The van der Waals surface area contributed by atoms with Crippen LogP contribution in [0.2, 0.25) is 0 Å². The molecule has 6 nitrogen and oxygen atoms in total. The predicted molar refractivity (Wildman–Crippen MR) is 84.9 cm³/mol. The fraction of sp³-hybridized carbons (Fsp3) is 0. The van der Waals surface area contributed by atoms with Crippen LogP contribution in [-0.4, -0.2) is 11.9 Å². The van der Waals surface area contributed by atoms with E-state index in [-0.39, 0.29) is 11.4 Å². The molecule has 0 unspecified atom stereocenters. The molecule has 6 heteroatoms. The third-order valence-corrected chi connectivity index (χ3v) is 3.10. The number of carbonyl (C=O) groups excluding carboxylic acids is 1. The van der Waals surface area contributed by atoms with Crippen LogP contribution in [-0.2, 0) is 0 Å². The van der Waals surface area contributed by atoms with E-state index in [4.69, 9.17) is 14.6 Å². The average Bonchev–Trinajstić information content (AvgIpc) is 2.54. The summed E-state index contributed by atoms with van der Waals surface area (Å²) in [4.78, 5) is 23.4. The smallest absolute Gasteiger partial charge is 0.418 e. The molecule has 0 aliphatic rings. The molecule has 1 heterocycles. The zero-order valence-electron chi connectivity index (χ0n) is 11.9. The minimum atomic E-state index is -0.807. The Kier molecular flexibility index (Phi) is 3.88. The number of hydrogen-bond acceptors (Lipinski definition) is 5.